The standard InChI is InChI=1S/C20H25N/c1-15-10-11-18-16(2)13-20(3,4)21(19(18)12-15)14-17-8-6-5-7-9-17/h5-12,16H,13-14H2,1-4H3. The Bertz CT molecular complexity index is 628. The molecule has 1 aliphatic rings. The first kappa shape index (κ1) is 14.2. The minimum absolute atomic E-state index is 0.191. The van der Waals surface area contributed by atoms with Gasteiger partial charge in [0.25, 0.3) is 0 Å². The van der Waals surface area contributed by atoms with Gasteiger partial charge in [0.05, 0.1) is 0 Å². The summed E-state index contributed by atoms with van der Waals surface area (Å²) < 4.78 is 0. The second kappa shape index (κ2) is 5.22. The molecule has 1 nitrogen and oxygen atoms in total. The monoisotopic (exact) mass is 279 g/mol. The molecule has 1 heteroatoms. The minimum atomic E-state index is 0.191. The fraction of sp³-hybridized carbons (Fsp3) is 0.400. The van der Waals surface area contributed by atoms with Crippen LogP contribution in [0.1, 0.15) is 49.8 Å². The topological polar surface area (TPSA) is 3.24 Å². The van der Waals surface area contributed by atoms with Crippen LogP contribution in [0.5, 0.6) is 0 Å². The molecule has 2 aromatic rings. The Morgan fingerprint density at radius 2 is 1.81 bits per heavy atom. The maximum Gasteiger partial charge on any atom is 0.0435 e. The van der Waals surface area contributed by atoms with Gasteiger partial charge in [0.1, 0.15) is 0 Å². The van der Waals surface area contributed by atoms with Gasteiger partial charge in [-0.1, -0.05) is 49.4 Å². The summed E-state index contributed by atoms with van der Waals surface area (Å²) in [6, 6.07) is 17.7. The molecule has 1 unspecified atom stereocenters. The molecule has 110 valence electrons. The Labute approximate surface area is 128 Å². The number of aryl methyl sites for hydroxylation is 1. The van der Waals surface area contributed by atoms with Crippen LogP contribution < -0.4 is 4.90 Å². The Balaban J connectivity index is 2.05. The molecule has 21 heavy (non-hydrogen) atoms. The lowest BCUT2D eigenvalue weighted by atomic mass is 9.79. The van der Waals surface area contributed by atoms with E-state index in [1.807, 2.05) is 0 Å². The minimum Gasteiger partial charge on any atom is -0.362 e. The Kier molecular flexibility index (Phi) is 3.52. The van der Waals surface area contributed by atoms with Crippen molar-refractivity contribution in [1.82, 2.24) is 0 Å². The highest BCUT2D eigenvalue weighted by Crippen LogP contribution is 2.44. The third kappa shape index (κ3) is 2.70. The van der Waals surface area contributed by atoms with Crippen LogP contribution in [0.15, 0.2) is 48.5 Å². The van der Waals surface area contributed by atoms with Gasteiger partial charge in [-0.15, -0.1) is 0 Å². The normalized spacial score (nSPS) is 20.2. The highest BCUT2D eigenvalue weighted by Gasteiger charge is 2.36. The van der Waals surface area contributed by atoms with Gasteiger partial charge in [-0.3, -0.25) is 0 Å². The van der Waals surface area contributed by atoms with Crippen molar-refractivity contribution < 1.29 is 0 Å². The molecule has 2 aromatic carbocycles. The van der Waals surface area contributed by atoms with Crippen LogP contribution in [0.3, 0.4) is 0 Å². The molecule has 1 aliphatic heterocycles. The van der Waals surface area contributed by atoms with E-state index >= 15 is 0 Å². The molecule has 0 fully saturated rings. The van der Waals surface area contributed by atoms with E-state index in [2.05, 4.69) is 81.1 Å². The van der Waals surface area contributed by atoms with Crippen LogP contribution in [-0.2, 0) is 6.54 Å². The molecule has 0 radical (unpaired) electrons. The third-order valence-electron chi connectivity index (χ3n) is 4.73. The van der Waals surface area contributed by atoms with Gasteiger partial charge in [-0.25, -0.2) is 0 Å². The van der Waals surface area contributed by atoms with E-state index in [1.165, 1.54) is 28.8 Å². The van der Waals surface area contributed by atoms with E-state index in [-0.39, 0.29) is 5.54 Å². The third-order valence-corrected chi connectivity index (χ3v) is 4.73. The maximum absolute atomic E-state index is 2.59. The van der Waals surface area contributed by atoms with Crippen molar-refractivity contribution in [3.8, 4) is 0 Å². The highest BCUT2D eigenvalue weighted by molar-refractivity contribution is 5.61. The van der Waals surface area contributed by atoms with Crippen molar-refractivity contribution >= 4 is 5.69 Å². The van der Waals surface area contributed by atoms with E-state index in [0.29, 0.717) is 5.92 Å². The first-order valence-corrected chi connectivity index (χ1v) is 7.89. The van der Waals surface area contributed by atoms with E-state index in [0.717, 1.165) is 6.54 Å². The zero-order valence-electron chi connectivity index (χ0n) is 13.6. The Morgan fingerprint density at radius 1 is 1.10 bits per heavy atom. The second-order valence-corrected chi connectivity index (χ2v) is 7.05. The Hall–Kier alpha value is -1.76. The maximum atomic E-state index is 2.59. The predicted octanol–water partition coefficient (Wildman–Crippen LogP) is 5.29. The van der Waals surface area contributed by atoms with Crippen molar-refractivity contribution in [3.05, 3.63) is 65.2 Å². The summed E-state index contributed by atoms with van der Waals surface area (Å²) in [5, 5.41) is 0. The van der Waals surface area contributed by atoms with Crippen molar-refractivity contribution in [2.24, 2.45) is 0 Å². The summed E-state index contributed by atoms with van der Waals surface area (Å²) in [6.45, 7) is 10.3. The molecule has 0 N–H and O–H groups in total. The fourth-order valence-electron chi connectivity index (χ4n) is 3.66. The molecule has 0 spiro atoms. The molecular weight excluding hydrogens is 254 g/mol. The van der Waals surface area contributed by atoms with Crippen molar-refractivity contribution in [3.63, 3.8) is 0 Å². The predicted molar refractivity (Wildman–Crippen MR) is 90.9 cm³/mol. The second-order valence-electron chi connectivity index (χ2n) is 7.05. The lowest BCUT2D eigenvalue weighted by Crippen LogP contribution is -2.47. The van der Waals surface area contributed by atoms with Crippen LogP contribution in [0.4, 0.5) is 5.69 Å². The Morgan fingerprint density at radius 3 is 2.52 bits per heavy atom. The van der Waals surface area contributed by atoms with E-state index in [9.17, 15) is 0 Å². The van der Waals surface area contributed by atoms with Crippen LogP contribution in [0.25, 0.3) is 0 Å². The number of nitrogens with zero attached hydrogens (tertiary/aromatic N) is 1. The van der Waals surface area contributed by atoms with Crippen molar-refractivity contribution in [2.75, 3.05) is 4.90 Å². The van der Waals surface area contributed by atoms with Gasteiger partial charge in [0, 0.05) is 17.8 Å². The summed E-state index contributed by atoms with van der Waals surface area (Å²) in [6.07, 6.45) is 1.20. The van der Waals surface area contributed by atoms with Gasteiger partial charge in [0.15, 0.2) is 0 Å². The number of hydrogen-bond donors (Lipinski definition) is 0. The molecule has 0 aliphatic carbocycles. The zero-order valence-corrected chi connectivity index (χ0v) is 13.6. The first-order chi connectivity index (χ1) is 9.97. The molecule has 0 bridgehead atoms. The summed E-state index contributed by atoms with van der Waals surface area (Å²) >= 11 is 0. The molecular formula is C20H25N. The number of benzene rings is 2. The lowest BCUT2D eigenvalue weighted by Gasteiger charge is -2.47. The zero-order chi connectivity index (χ0) is 15.0. The summed E-state index contributed by atoms with van der Waals surface area (Å²) in [5.74, 6) is 0.627. The summed E-state index contributed by atoms with van der Waals surface area (Å²) in [7, 11) is 0. The smallest absolute Gasteiger partial charge is 0.0435 e. The van der Waals surface area contributed by atoms with E-state index in [1.54, 1.807) is 0 Å². The SMILES string of the molecule is Cc1ccc2c(c1)N(Cc1ccccc1)C(C)(C)CC2C. The molecule has 0 aromatic heterocycles. The van der Waals surface area contributed by atoms with E-state index in [4.69, 9.17) is 0 Å². The fourth-order valence-corrected chi connectivity index (χ4v) is 3.66. The highest BCUT2D eigenvalue weighted by atomic mass is 15.2. The largest absolute Gasteiger partial charge is 0.362 e. The van der Waals surface area contributed by atoms with Crippen molar-refractivity contribution in [1.29, 1.82) is 0 Å². The van der Waals surface area contributed by atoms with Gasteiger partial charge in [0.2, 0.25) is 0 Å². The van der Waals surface area contributed by atoms with Crippen molar-refractivity contribution in [2.45, 2.75) is 52.1 Å². The quantitative estimate of drug-likeness (QED) is 0.722. The summed E-state index contributed by atoms with van der Waals surface area (Å²) in [5.41, 5.74) is 5.83. The molecule has 0 saturated carbocycles. The lowest BCUT2D eigenvalue weighted by molar-refractivity contribution is 0.374. The molecule has 0 saturated heterocycles. The first-order valence-electron chi connectivity index (χ1n) is 7.89. The van der Waals surface area contributed by atoms with E-state index < -0.39 is 0 Å². The molecule has 1 atom stereocenters. The molecule has 3 rings (SSSR count). The van der Waals surface area contributed by atoms with Crippen LogP contribution in [0, 0.1) is 6.92 Å². The average molecular weight is 279 g/mol. The van der Waals surface area contributed by atoms with Gasteiger partial charge < -0.3 is 4.90 Å². The number of rotatable bonds is 2. The average Bonchev–Trinajstić information content (AvgIpc) is 2.44. The van der Waals surface area contributed by atoms with Gasteiger partial charge >= 0.3 is 0 Å². The molecule has 1 heterocycles. The number of anilines is 1. The number of fused-ring (bicyclic) bond motifs is 1. The number of hydrogen-bond acceptors (Lipinski definition) is 1. The molecule has 0 amide bonds. The summed E-state index contributed by atoms with van der Waals surface area (Å²) in [4.78, 5) is 2.59. The van der Waals surface area contributed by atoms with Crippen LogP contribution >= 0.6 is 0 Å². The van der Waals surface area contributed by atoms with Crippen LogP contribution in [0.2, 0.25) is 0 Å². The van der Waals surface area contributed by atoms with Gasteiger partial charge in [-0.05, 0) is 55.9 Å². The van der Waals surface area contributed by atoms with Crippen LogP contribution in [-0.4, -0.2) is 5.54 Å². The van der Waals surface area contributed by atoms with Gasteiger partial charge in [-0.2, -0.15) is 0 Å².